The number of anilines is 1. The Morgan fingerprint density at radius 2 is 2.05 bits per heavy atom. The van der Waals surface area contributed by atoms with Crippen LogP contribution < -0.4 is 4.90 Å². The molecule has 5 nitrogen and oxygen atoms in total. The average Bonchev–Trinajstić information content (AvgIpc) is 2.47. The maximum absolute atomic E-state index is 11.7. The highest BCUT2D eigenvalue weighted by atomic mass is 79.9. The van der Waals surface area contributed by atoms with Crippen LogP contribution in [0.1, 0.15) is 25.5 Å². The number of rotatable bonds is 3. The van der Waals surface area contributed by atoms with Gasteiger partial charge in [-0.1, -0.05) is 22.0 Å². The highest BCUT2D eigenvalue weighted by molar-refractivity contribution is 9.10. The molecule has 1 aromatic carbocycles. The Morgan fingerprint density at radius 3 is 2.57 bits per heavy atom. The van der Waals surface area contributed by atoms with E-state index in [-0.39, 0.29) is 6.09 Å². The zero-order valence-electron chi connectivity index (χ0n) is 12.4. The van der Waals surface area contributed by atoms with E-state index in [0.29, 0.717) is 19.7 Å². The molecular weight excluding hydrogens is 336 g/mol. The molecule has 0 radical (unpaired) electrons. The minimum atomic E-state index is -0.492. The van der Waals surface area contributed by atoms with Crippen molar-refractivity contribution in [3.8, 4) is 0 Å². The van der Waals surface area contributed by atoms with E-state index in [1.54, 1.807) is 11.8 Å². The standard InChI is InChI=1S/C15H21BrN2O3/c1-3-21-15(20)18-8-6-17(7-9-18)12-4-5-13(11(2)19)14(16)10-12/h4-5,10-11,19H,3,6-9H2,1-2H3/t11-/m0/s1. The van der Waals surface area contributed by atoms with Crippen LogP contribution in [0.15, 0.2) is 22.7 Å². The number of carbonyl (C=O) groups excluding carboxylic acids is 1. The number of aliphatic hydroxyl groups excluding tert-OH is 1. The third-order valence-corrected chi connectivity index (χ3v) is 4.29. The second-order valence-electron chi connectivity index (χ2n) is 5.05. The molecule has 6 heteroatoms. The highest BCUT2D eigenvalue weighted by Gasteiger charge is 2.22. The molecule has 0 spiro atoms. The third-order valence-electron chi connectivity index (χ3n) is 3.60. The monoisotopic (exact) mass is 356 g/mol. The van der Waals surface area contributed by atoms with E-state index in [4.69, 9.17) is 4.74 Å². The number of halogens is 1. The molecule has 0 saturated carbocycles. The maximum atomic E-state index is 11.7. The molecule has 1 aliphatic heterocycles. The van der Waals surface area contributed by atoms with E-state index in [1.807, 2.05) is 25.1 Å². The van der Waals surface area contributed by atoms with Gasteiger partial charge in [0.25, 0.3) is 0 Å². The second kappa shape index (κ2) is 7.13. The Hall–Kier alpha value is -1.27. The van der Waals surface area contributed by atoms with Crippen molar-refractivity contribution in [1.29, 1.82) is 0 Å². The molecule has 1 saturated heterocycles. The number of carbonyl (C=O) groups is 1. The molecule has 1 aliphatic rings. The Morgan fingerprint density at radius 1 is 1.38 bits per heavy atom. The fraction of sp³-hybridized carbons (Fsp3) is 0.533. The number of nitrogens with zero attached hydrogens (tertiary/aromatic N) is 2. The molecule has 1 atom stereocenters. The van der Waals surface area contributed by atoms with Gasteiger partial charge in [0.05, 0.1) is 12.7 Å². The van der Waals surface area contributed by atoms with Crippen LogP contribution in [0.4, 0.5) is 10.5 Å². The van der Waals surface area contributed by atoms with E-state index in [9.17, 15) is 9.90 Å². The van der Waals surface area contributed by atoms with Crippen LogP contribution in [-0.2, 0) is 4.74 Å². The van der Waals surface area contributed by atoms with E-state index in [0.717, 1.165) is 28.8 Å². The van der Waals surface area contributed by atoms with Gasteiger partial charge >= 0.3 is 6.09 Å². The summed E-state index contributed by atoms with van der Waals surface area (Å²) in [6.45, 7) is 6.85. The van der Waals surface area contributed by atoms with E-state index >= 15 is 0 Å². The largest absolute Gasteiger partial charge is 0.450 e. The first kappa shape index (κ1) is 16.1. The van der Waals surface area contributed by atoms with E-state index in [2.05, 4.69) is 20.8 Å². The molecule has 0 aliphatic carbocycles. The lowest BCUT2D eigenvalue weighted by Crippen LogP contribution is -2.49. The van der Waals surface area contributed by atoms with E-state index in [1.165, 1.54) is 0 Å². The molecule has 1 N–H and O–H groups in total. The van der Waals surface area contributed by atoms with Crippen molar-refractivity contribution in [2.24, 2.45) is 0 Å². The average molecular weight is 357 g/mol. The molecule has 1 heterocycles. The van der Waals surface area contributed by atoms with Gasteiger partial charge in [0.1, 0.15) is 0 Å². The molecule has 0 unspecified atom stereocenters. The summed E-state index contributed by atoms with van der Waals surface area (Å²) in [7, 11) is 0. The molecule has 116 valence electrons. The number of benzene rings is 1. The van der Waals surface area contributed by atoms with Gasteiger partial charge in [-0.3, -0.25) is 0 Å². The van der Waals surface area contributed by atoms with Crippen molar-refractivity contribution < 1.29 is 14.6 Å². The fourth-order valence-corrected chi connectivity index (χ4v) is 3.11. The molecule has 2 rings (SSSR count). The first-order valence-electron chi connectivity index (χ1n) is 7.17. The number of amides is 1. The van der Waals surface area contributed by atoms with Crippen molar-refractivity contribution in [2.45, 2.75) is 20.0 Å². The number of hydrogen-bond acceptors (Lipinski definition) is 4. The Kier molecular flexibility index (Phi) is 5.47. The van der Waals surface area contributed by atoms with Crippen molar-refractivity contribution in [2.75, 3.05) is 37.7 Å². The first-order chi connectivity index (χ1) is 10.0. The summed E-state index contributed by atoms with van der Waals surface area (Å²) in [6, 6.07) is 5.96. The van der Waals surface area contributed by atoms with Gasteiger partial charge in [0, 0.05) is 36.3 Å². The van der Waals surface area contributed by atoms with Gasteiger partial charge in [-0.25, -0.2) is 4.79 Å². The lowest BCUT2D eigenvalue weighted by atomic mass is 10.1. The maximum Gasteiger partial charge on any atom is 0.409 e. The van der Waals surface area contributed by atoms with Gasteiger partial charge in [0.15, 0.2) is 0 Å². The predicted octanol–water partition coefficient (Wildman–Crippen LogP) is 2.78. The Labute approximate surface area is 133 Å². The van der Waals surface area contributed by atoms with Crippen LogP contribution in [0.25, 0.3) is 0 Å². The second-order valence-corrected chi connectivity index (χ2v) is 5.91. The minimum Gasteiger partial charge on any atom is -0.450 e. The van der Waals surface area contributed by atoms with Gasteiger partial charge in [-0.15, -0.1) is 0 Å². The van der Waals surface area contributed by atoms with Crippen LogP contribution in [0.2, 0.25) is 0 Å². The molecule has 1 aromatic rings. The summed E-state index contributed by atoms with van der Waals surface area (Å²) < 4.78 is 5.92. The molecular formula is C15H21BrN2O3. The van der Waals surface area contributed by atoms with Crippen LogP contribution in [-0.4, -0.2) is 48.9 Å². The lowest BCUT2D eigenvalue weighted by molar-refractivity contribution is 0.105. The zero-order valence-corrected chi connectivity index (χ0v) is 14.0. The summed E-state index contributed by atoms with van der Waals surface area (Å²) in [6.07, 6.45) is -0.725. The normalized spacial score (nSPS) is 16.8. The van der Waals surface area contributed by atoms with Gasteiger partial charge in [0.2, 0.25) is 0 Å². The quantitative estimate of drug-likeness (QED) is 0.904. The summed E-state index contributed by atoms with van der Waals surface area (Å²) in [4.78, 5) is 15.6. The Balaban J connectivity index is 1.99. The number of ether oxygens (including phenoxy) is 1. The molecule has 1 fully saturated rings. The Bertz CT molecular complexity index is 500. The van der Waals surface area contributed by atoms with Gasteiger partial charge < -0.3 is 19.6 Å². The molecule has 1 amide bonds. The van der Waals surface area contributed by atoms with Crippen molar-refractivity contribution in [3.05, 3.63) is 28.2 Å². The number of hydrogen-bond donors (Lipinski definition) is 1. The van der Waals surface area contributed by atoms with Crippen LogP contribution in [0, 0.1) is 0 Å². The third kappa shape index (κ3) is 3.89. The molecule has 0 aromatic heterocycles. The summed E-state index contributed by atoms with van der Waals surface area (Å²) >= 11 is 3.50. The van der Waals surface area contributed by atoms with Crippen molar-refractivity contribution >= 4 is 27.7 Å². The van der Waals surface area contributed by atoms with Gasteiger partial charge in [-0.05, 0) is 31.5 Å². The highest BCUT2D eigenvalue weighted by Crippen LogP contribution is 2.28. The topological polar surface area (TPSA) is 53.0 Å². The summed E-state index contributed by atoms with van der Waals surface area (Å²) in [5.74, 6) is 0. The predicted molar refractivity (Wildman–Crippen MR) is 85.6 cm³/mol. The molecule has 0 bridgehead atoms. The first-order valence-corrected chi connectivity index (χ1v) is 7.96. The van der Waals surface area contributed by atoms with Crippen LogP contribution in [0.3, 0.4) is 0 Å². The SMILES string of the molecule is CCOC(=O)N1CCN(c2ccc([C@H](C)O)c(Br)c2)CC1. The number of aliphatic hydroxyl groups is 1. The fourth-order valence-electron chi connectivity index (χ4n) is 2.41. The summed E-state index contributed by atoms with van der Waals surface area (Å²) in [5, 5.41) is 9.65. The van der Waals surface area contributed by atoms with Crippen molar-refractivity contribution in [3.63, 3.8) is 0 Å². The zero-order chi connectivity index (χ0) is 15.4. The van der Waals surface area contributed by atoms with Gasteiger partial charge in [-0.2, -0.15) is 0 Å². The van der Waals surface area contributed by atoms with E-state index < -0.39 is 6.10 Å². The number of piperazine rings is 1. The smallest absolute Gasteiger partial charge is 0.409 e. The lowest BCUT2D eigenvalue weighted by Gasteiger charge is -2.35. The summed E-state index contributed by atoms with van der Waals surface area (Å²) in [5.41, 5.74) is 1.97. The minimum absolute atomic E-state index is 0.234. The van der Waals surface area contributed by atoms with Crippen molar-refractivity contribution in [1.82, 2.24) is 4.90 Å². The van der Waals surface area contributed by atoms with Crippen LogP contribution in [0.5, 0.6) is 0 Å². The van der Waals surface area contributed by atoms with Crippen LogP contribution >= 0.6 is 15.9 Å². The molecule has 21 heavy (non-hydrogen) atoms.